The molecule has 6 heteroatoms. The molecular formula is C12H14N2O4. The van der Waals surface area contributed by atoms with Crippen molar-refractivity contribution in [1.29, 1.82) is 0 Å². The highest BCUT2D eigenvalue weighted by molar-refractivity contribution is 5.78. The summed E-state index contributed by atoms with van der Waals surface area (Å²) in [5.74, 6) is 3.82. The van der Waals surface area contributed by atoms with Gasteiger partial charge in [-0.15, -0.1) is 0 Å². The summed E-state index contributed by atoms with van der Waals surface area (Å²) < 4.78 is 0. The average Bonchev–Trinajstić information content (AvgIpc) is 2.66. The molecule has 2 rings (SSSR count). The Morgan fingerprint density at radius 2 is 2.06 bits per heavy atom. The van der Waals surface area contributed by atoms with E-state index in [2.05, 4.69) is 0 Å². The minimum Gasteiger partial charge on any atom is -0.481 e. The van der Waals surface area contributed by atoms with Crippen molar-refractivity contribution in [3.05, 3.63) is 41.5 Å². The van der Waals surface area contributed by atoms with Crippen LogP contribution in [0.2, 0.25) is 0 Å². The summed E-state index contributed by atoms with van der Waals surface area (Å²) in [7, 11) is 0. The van der Waals surface area contributed by atoms with E-state index in [1.165, 1.54) is 6.92 Å². The number of rotatable bonds is 3. The second-order valence-electron chi connectivity index (χ2n) is 4.04. The largest absolute Gasteiger partial charge is 0.481 e. The molecule has 2 atom stereocenters. The molecule has 0 saturated carbocycles. The molecule has 4 N–H and O–H groups in total. The second kappa shape index (κ2) is 4.77. The lowest BCUT2D eigenvalue weighted by Gasteiger charge is -2.14. The van der Waals surface area contributed by atoms with Crippen LogP contribution in [0.3, 0.4) is 0 Å². The number of carboxylic acids is 1. The summed E-state index contributed by atoms with van der Waals surface area (Å²) in [6.07, 6.45) is -1.26. The fourth-order valence-electron chi connectivity index (χ4n) is 1.82. The maximum absolute atomic E-state index is 11.1. The van der Waals surface area contributed by atoms with Gasteiger partial charge in [0.2, 0.25) is 0 Å². The number of aliphatic carboxylic acids is 1. The molecule has 6 nitrogen and oxygen atoms in total. The highest BCUT2D eigenvalue weighted by Crippen LogP contribution is 2.34. The minimum absolute atomic E-state index is 0.246. The van der Waals surface area contributed by atoms with Gasteiger partial charge in [0.1, 0.15) is 0 Å². The SMILES string of the molecule is CC(C(=O)O)C1=C(c2ccccc2)ON(N)C1O. The molecule has 2 unspecified atom stereocenters. The normalized spacial score (nSPS) is 21.8. The molecule has 18 heavy (non-hydrogen) atoms. The minimum atomic E-state index is -1.26. The summed E-state index contributed by atoms with van der Waals surface area (Å²) in [6, 6.07) is 8.93. The molecule has 0 aliphatic carbocycles. The van der Waals surface area contributed by atoms with E-state index in [-0.39, 0.29) is 5.57 Å². The van der Waals surface area contributed by atoms with Crippen molar-refractivity contribution in [2.24, 2.45) is 11.8 Å². The fourth-order valence-corrected chi connectivity index (χ4v) is 1.82. The van der Waals surface area contributed by atoms with Crippen LogP contribution in [0.4, 0.5) is 0 Å². The Hall–Kier alpha value is -1.89. The number of hydrogen-bond acceptors (Lipinski definition) is 5. The van der Waals surface area contributed by atoms with Crippen molar-refractivity contribution in [1.82, 2.24) is 5.17 Å². The first-order chi connectivity index (χ1) is 8.52. The fraction of sp³-hybridized carbons (Fsp3) is 0.250. The van der Waals surface area contributed by atoms with Crippen molar-refractivity contribution in [2.45, 2.75) is 13.2 Å². The third-order valence-electron chi connectivity index (χ3n) is 2.85. The zero-order chi connectivity index (χ0) is 13.3. The molecule has 0 saturated heterocycles. The maximum Gasteiger partial charge on any atom is 0.310 e. The third kappa shape index (κ3) is 2.08. The molecule has 96 valence electrons. The Kier molecular flexibility index (Phi) is 3.33. The van der Waals surface area contributed by atoms with E-state index < -0.39 is 18.1 Å². The van der Waals surface area contributed by atoms with Gasteiger partial charge in [0.15, 0.2) is 12.0 Å². The van der Waals surface area contributed by atoms with E-state index in [0.717, 1.165) is 5.17 Å². The number of aliphatic hydroxyl groups excluding tert-OH is 1. The Morgan fingerprint density at radius 1 is 1.44 bits per heavy atom. The second-order valence-corrected chi connectivity index (χ2v) is 4.04. The molecular weight excluding hydrogens is 236 g/mol. The summed E-state index contributed by atoms with van der Waals surface area (Å²) in [6.45, 7) is 1.48. The quantitative estimate of drug-likeness (QED) is 0.678. The first kappa shape index (κ1) is 12.6. The van der Waals surface area contributed by atoms with Crippen molar-refractivity contribution in [3.8, 4) is 0 Å². The number of carboxylic acid groups (broad SMARTS) is 1. The van der Waals surface area contributed by atoms with Gasteiger partial charge in [0.05, 0.1) is 5.92 Å². The lowest BCUT2D eigenvalue weighted by molar-refractivity contribution is -0.160. The van der Waals surface area contributed by atoms with Gasteiger partial charge < -0.3 is 15.1 Å². The van der Waals surface area contributed by atoms with Gasteiger partial charge in [-0.05, 0) is 12.1 Å². The average molecular weight is 250 g/mol. The first-order valence-electron chi connectivity index (χ1n) is 5.44. The summed E-state index contributed by atoms with van der Waals surface area (Å²) >= 11 is 0. The first-order valence-corrected chi connectivity index (χ1v) is 5.44. The number of aliphatic hydroxyl groups is 1. The standard InChI is InChI=1S/C12H14N2O4/c1-7(12(16)17)9-10(18-14(13)11(9)15)8-5-3-2-4-6-8/h2-7,11,15H,13H2,1H3,(H,16,17). The highest BCUT2D eigenvalue weighted by atomic mass is 16.7. The molecule has 1 aliphatic rings. The number of hydrogen-bond donors (Lipinski definition) is 3. The van der Waals surface area contributed by atoms with Crippen LogP contribution in [0.1, 0.15) is 12.5 Å². The van der Waals surface area contributed by atoms with Crippen molar-refractivity contribution < 1.29 is 19.8 Å². The van der Waals surface area contributed by atoms with Gasteiger partial charge >= 0.3 is 5.97 Å². The zero-order valence-corrected chi connectivity index (χ0v) is 9.78. The molecule has 0 fully saturated rings. The molecule has 0 amide bonds. The molecule has 1 aromatic carbocycles. The van der Waals surface area contributed by atoms with Gasteiger partial charge in [-0.1, -0.05) is 30.3 Å². The lowest BCUT2D eigenvalue weighted by Crippen LogP contribution is -2.38. The summed E-state index contributed by atoms with van der Waals surface area (Å²) in [5, 5.41) is 19.7. The van der Waals surface area contributed by atoms with Gasteiger partial charge in [0, 0.05) is 11.1 Å². The summed E-state index contributed by atoms with van der Waals surface area (Å²) in [4.78, 5) is 16.3. The van der Waals surface area contributed by atoms with Crippen LogP contribution in [-0.2, 0) is 9.63 Å². The van der Waals surface area contributed by atoms with Crippen LogP contribution in [-0.4, -0.2) is 27.6 Å². The molecule has 0 aromatic heterocycles. The van der Waals surface area contributed by atoms with Gasteiger partial charge in [-0.25, -0.2) is 5.84 Å². The van der Waals surface area contributed by atoms with E-state index in [0.29, 0.717) is 11.3 Å². The summed E-state index contributed by atoms with van der Waals surface area (Å²) in [5.41, 5.74) is 0.920. The van der Waals surface area contributed by atoms with Gasteiger partial charge in [0.25, 0.3) is 0 Å². The zero-order valence-electron chi connectivity index (χ0n) is 9.78. The highest BCUT2D eigenvalue weighted by Gasteiger charge is 2.38. The molecule has 1 heterocycles. The Labute approximate surface area is 104 Å². The smallest absolute Gasteiger partial charge is 0.310 e. The molecule has 1 aromatic rings. The topological polar surface area (TPSA) is 96.0 Å². The molecule has 0 bridgehead atoms. The van der Waals surface area contributed by atoms with Crippen LogP contribution in [0.15, 0.2) is 35.9 Å². The van der Waals surface area contributed by atoms with Crippen LogP contribution in [0.25, 0.3) is 5.76 Å². The van der Waals surface area contributed by atoms with Gasteiger partial charge in [-0.3, -0.25) is 4.79 Å². The monoisotopic (exact) mass is 250 g/mol. The third-order valence-corrected chi connectivity index (χ3v) is 2.85. The van der Waals surface area contributed by atoms with E-state index >= 15 is 0 Å². The van der Waals surface area contributed by atoms with E-state index in [1.54, 1.807) is 24.3 Å². The predicted octanol–water partition coefficient (Wildman–Crippen LogP) is 0.558. The number of nitrogens with two attached hydrogens (primary N) is 1. The van der Waals surface area contributed by atoms with Crippen LogP contribution in [0, 0.1) is 5.92 Å². The van der Waals surface area contributed by atoms with Crippen LogP contribution < -0.4 is 5.84 Å². The number of carbonyl (C=O) groups is 1. The van der Waals surface area contributed by atoms with E-state index in [9.17, 15) is 9.90 Å². The van der Waals surface area contributed by atoms with Crippen molar-refractivity contribution in [3.63, 3.8) is 0 Å². The predicted molar refractivity (Wildman–Crippen MR) is 63.3 cm³/mol. The number of nitrogens with zero attached hydrogens (tertiary/aromatic N) is 1. The number of hydrazine groups is 1. The number of benzene rings is 1. The van der Waals surface area contributed by atoms with E-state index in [1.807, 2.05) is 6.07 Å². The Balaban J connectivity index is 2.48. The molecule has 0 spiro atoms. The molecule has 1 aliphatic heterocycles. The van der Waals surface area contributed by atoms with Gasteiger partial charge in [-0.2, -0.15) is 0 Å². The maximum atomic E-state index is 11.1. The Bertz CT molecular complexity index is 486. The van der Waals surface area contributed by atoms with Crippen molar-refractivity contribution >= 4 is 11.7 Å². The van der Waals surface area contributed by atoms with Crippen molar-refractivity contribution in [2.75, 3.05) is 0 Å². The van der Waals surface area contributed by atoms with Crippen LogP contribution >= 0.6 is 0 Å². The van der Waals surface area contributed by atoms with E-state index in [4.69, 9.17) is 15.8 Å². The lowest BCUT2D eigenvalue weighted by atomic mass is 9.96. The molecule has 0 radical (unpaired) electrons. The number of hydroxylamine groups is 1. The Morgan fingerprint density at radius 3 is 2.61 bits per heavy atom. The van der Waals surface area contributed by atoms with Crippen LogP contribution in [0.5, 0.6) is 0 Å².